The van der Waals surface area contributed by atoms with E-state index in [1.54, 1.807) is 6.20 Å². The summed E-state index contributed by atoms with van der Waals surface area (Å²) in [5, 5.41) is 13.0. The lowest BCUT2D eigenvalue weighted by Crippen LogP contribution is -2.36. The van der Waals surface area contributed by atoms with Gasteiger partial charge in [-0.3, -0.25) is 0 Å². The van der Waals surface area contributed by atoms with Crippen LogP contribution in [0, 0.1) is 6.92 Å². The van der Waals surface area contributed by atoms with E-state index in [4.69, 9.17) is 5.73 Å². The fourth-order valence-corrected chi connectivity index (χ4v) is 1.85. The summed E-state index contributed by atoms with van der Waals surface area (Å²) in [6.07, 6.45) is 1.66. The van der Waals surface area contributed by atoms with Crippen LogP contribution in [0.1, 0.15) is 18.1 Å². The van der Waals surface area contributed by atoms with Crippen molar-refractivity contribution in [2.24, 2.45) is 0 Å². The molecule has 1 atom stereocenters. The van der Waals surface area contributed by atoms with Gasteiger partial charge in [-0.05, 0) is 19.4 Å². The zero-order valence-corrected chi connectivity index (χ0v) is 11.1. The molecule has 0 radical (unpaired) electrons. The molecule has 0 fully saturated rings. The van der Waals surface area contributed by atoms with Gasteiger partial charge in [0.2, 0.25) is 5.95 Å². The minimum Gasteiger partial charge on any atom is -0.394 e. The summed E-state index contributed by atoms with van der Waals surface area (Å²) in [6, 6.07) is 9.74. The normalized spacial score (nSPS) is 13.8. The molecule has 0 saturated carbocycles. The molecular formula is C14H18N4O. The Morgan fingerprint density at radius 2 is 2.00 bits per heavy atom. The summed E-state index contributed by atoms with van der Waals surface area (Å²) < 4.78 is 0. The molecule has 0 spiro atoms. The van der Waals surface area contributed by atoms with Gasteiger partial charge in [-0.15, -0.1) is 0 Å². The maximum Gasteiger partial charge on any atom is 0.221 e. The minimum atomic E-state index is -0.618. The lowest BCUT2D eigenvalue weighted by Gasteiger charge is -2.30. The van der Waals surface area contributed by atoms with E-state index >= 15 is 0 Å². The van der Waals surface area contributed by atoms with E-state index < -0.39 is 5.54 Å². The summed E-state index contributed by atoms with van der Waals surface area (Å²) in [7, 11) is 0. The number of aliphatic hydroxyl groups is 1. The van der Waals surface area contributed by atoms with Gasteiger partial charge in [0.25, 0.3) is 0 Å². The van der Waals surface area contributed by atoms with E-state index in [2.05, 4.69) is 15.3 Å². The van der Waals surface area contributed by atoms with Gasteiger partial charge in [0, 0.05) is 11.8 Å². The molecule has 0 aliphatic carbocycles. The smallest absolute Gasteiger partial charge is 0.221 e. The Bertz CT molecular complexity index is 559. The van der Waals surface area contributed by atoms with Gasteiger partial charge in [-0.1, -0.05) is 30.3 Å². The van der Waals surface area contributed by atoms with Gasteiger partial charge in [0.05, 0.1) is 12.1 Å². The lowest BCUT2D eigenvalue weighted by atomic mass is 9.93. The Labute approximate surface area is 112 Å². The average molecular weight is 258 g/mol. The molecule has 5 heteroatoms. The largest absolute Gasteiger partial charge is 0.394 e. The molecule has 100 valence electrons. The third-order valence-electron chi connectivity index (χ3n) is 3.11. The van der Waals surface area contributed by atoms with Crippen LogP contribution < -0.4 is 11.1 Å². The highest BCUT2D eigenvalue weighted by Gasteiger charge is 2.26. The van der Waals surface area contributed by atoms with Crippen LogP contribution in [-0.2, 0) is 5.54 Å². The van der Waals surface area contributed by atoms with Crippen LogP contribution in [0.3, 0.4) is 0 Å². The van der Waals surface area contributed by atoms with Crippen molar-refractivity contribution in [3.63, 3.8) is 0 Å². The van der Waals surface area contributed by atoms with Crippen molar-refractivity contribution >= 4 is 11.8 Å². The number of benzene rings is 1. The topological polar surface area (TPSA) is 84.1 Å². The Balaban J connectivity index is 2.36. The van der Waals surface area contributed by atoms with Crippen LogP contribution in [0.5, 0.6) is 0 Å². The van der Waals surface area contributed by atoms with Gasteiger partial charge < -0.3 is 16.2 Å². The Morgan fingerprint density at radius 3 is 2.63 bits per heavy atom. The molecule has 1 heterocycles. The van der Waals surface area contributed by atoms with Crippen LogP contribution >= 0.6 is 0 Å². The summed E-state index contributed by atoms with van der Waals surface area (Å²) in [6.45, 7) is 3.75. The molecule has 0 bridgehead atoms. The Kier molecular flexibility index (Phi) is 3.66. The average Bonchev–Trinajstić information content (AvgIpc) is 2.44. The first kappa shape index (κ1) is 13.3. The molecule has 0 aliphatic heterocycles. The molecule has 0 aliphatic rings. The second-order valence-electron chi connectivity index (χ2n) is 4.74. The highest BCUT2D eigenvalue weighted by atomic mass is 16.3. The SMILES string of the molecule is Cc1cnc(N)nc1NC(C)(CO)c1ccccc1. The van der Waals surface area contributed by atoms with Gasteiger partial charge in [0.1, 0.15) is 5.82 Å². The molecule has 1 aromatic heterocycles. The molecule has 5 nitrogen and oxygen atoms in total. The van der Waals surface area contributed by atoms with Crippen molar-refractivity contribution in [3.8, 4) is 0 Å². The highest BCUT2D eigenvalue weighted by Crippen LogP contribution is 2.26. The number of aliphatic hydroxyl groups excluding tert-OH is 1. The first-order chi connectivity index (χ1) is 9.05. The molecular weight excluding hydrogens is 240 g/mol. The van der Waals surface area contributed by atoms with Gasteiger partial charge in [0.15, 0.2) is 0 Å². The van der Waals surface area contributed by atoms with Crippen molar-refractivity contribution in [2.45, 2.75) is 19.4 Å². The van der Waals surface area contributed by atoms with E-state index in [0.29, 0.717) is 5.82 Å². The third-order valence-corrected chi connectivity index (χ3v) is 3.11. The van der Waals surface area contributed by atoms with E-state index in [1.165, 1.54) is 0 Å². The number of nitrogens with one attached hydrogen (secondary N) is 1. The number of anilines is 2. The number of nitrogens with zero attached hydrogens (tertiary/aromatic N) is 2. The summed E-state index contributed by atoms with van der Waals surface area (Å²) >= 11 is 0. The van der Waals surface area contributed by atoms with E-state index in [-0.39, 0.29) is 12.6 Å². The summed E-state index contributed by atoms with van der Waals surface area (Å²) in [5.41, 5.74) is 6.84. The molecule has 2 rings (SSSR count). The molecule has 1 unspecified atom stereocenters. The summed E-state index contributed by atoms with van der Waals surface area (Å²) in [5.74, 6) is 0.842. The monoisotopic (exact) mass is 258 g/mol. The molecule has 0 saturated heterocycles. The molecule has 19 heavy (non-hydrogen) atoms. The standard InChI is InChI=1S/C14H18N4O/c1-10-8-16-13(15)17-12(10)18-14(2,9-19)11-6-4-3-5-7-11/h3-8,19H,9H2,1-2H3,(H3,15,16,17,18). The van der Waals surface area contributed by atoms with Crippen LogP contribution in [-0.4, -0.2) is 21.7 Å². The molecule has 4 N–H and O–H groups in total. The molecule has 0 amide bonds. The number of nitrogens with two attached hydrogens (primary N) is 1. The predicted molar refractivity (Wildman–Crippen MR) is 75.7 cm³/mol. The van der Waals surface area contributed by atoms with Gasteiger partial charge in [-0.2, -0.15) is 4.98 Å². The number of aromatic nitrogens is 2. The number of rotatable bonds is 4. The fourth-order valence-electron chi connectivity index (χ4n) is 1.85. The highest BCUT2D eigenvalue weighted by molar-refractivity contribution is 5.49. The maximum atomic E-state index is 9.72. The van der Waals surface area contributed by atoms with E-state index in [1.807, 2.05) is 44.2 Å². The zero-order valence-electron chi connectivity index (χ0n) is 11.1. The van der Waals surface area contributed by atoms with Gasteiger partial charge in [-0.25, -0.2) is 4.98 Å². The number of nitrogen functional groups attached to an aromatic ring is 1. The minimum absolute atomic E-state index is 0.0552. The second-order valence-corrected chi connectivity index (χ2v) is 4.74. The third kappa shape index (κ3) is 2.82. The molecule has 2 aromatic rings. The number of hydrogen-bond donors (Lipinski definition) is 3. The van der Waals surface area contributed by atoms with Crippen LogP contribution in [0.2, 0.25) is 0 Å². The second kappa shape index (κ2) is 5.24. The van der Waals surface area contributed by atoms with E-state index in [9.17, 15) is 5.11 Å². The molecule has 1 aromatic carbocycles. The fraction of sp³-hybridized carbons (Fsp3) is 0.286. The summed E-state index contributed by atoms with van der Waals surface area (Å²) in [4.78, 5) is 8.11. The first-order valence-electron chi connectivity index (χ1n) is 6.09. The first-order valence-corrected chi connectivity index (χ1v) is 6.09. The number of aryl methyl sites for hydroxylation is 1. The number of hydrogen-bond acceptors (Lipinski definition) is 5. The van der Waals surface area contributed by atoms with Crippen LogP contribution in [0.15, 0.2) is 36.5 Å². The lowest BCUT2D eigenvalue weighted by molar-refractivity contribution is 0.223. The van der Waals surface area contributed by atoms with Crippen molar-refractivity contribution in [3.05, 3.63) is 47.7 Å². The van der Waals surface area contributed by atoms with Crippen LogP contribution in [0.25, 0.3) is 0 Å². The van der Waals surface area contributed by atoms with Crippen molar-refractivity contribution in [1.29, 1.82) is 0 Å². The van der Waals surface area contributed by atoms with Gasteiger partial charge >= 0.3 is 0 Å². The Hall–Kier alpha value is -2.14. The van der Waals surface area contributed by atoms with Crippen LogP contribution in [0.4, 0.5) is 11.8 Å². The van der Waals surface area contributed by atoms with Crippen molar-refractivity contribution < 1.29 is 5.11 Å². The quantitative estimate of drug-likeness (QED) is 0.777. The zero-order chi connectivity index (χ0) is 13.9. The maximum absolute atomic E-state index is 9.72. The van der Waals surface area contributed by atoms with E-state index in [0.717, 1.165) is 11.1 Å². The predicted octanol–water partition coefficient (Wildman–Crippen LogP) is 1.69. The Morgan fingerprint density at radius 1 is 1.32 bits per heavy atom. The van der Waals surface area contributed by atoms with Crippen molar-refractivity contribution in [1.82, 2.24) is 9.97 Å². The van der Waals surface area contributed by atoms with Crippen molar-refractivity contribution in [2.75, 3.05) is 17.7 Å².